The lowest BCUT2D eigenvalue weighted by atomic mass is 10.2. The number of carbonyl (C=O) groups is 1. The zero-order valence-corrected chi connectivity index (χ0v) is 14.4. The van der Waals surface area contributed by atoms with E-state index in [1.165, 1.54) is 0 Å². The molecule has 1 N–H and O–H groups in total. The minimum Gasteiger partial charge on any atom is -0.473 e. The summed E-state index contributed by atoms with van der Waals surface area (Å²) in [6, 6.07) is 13.2. The second-order valence-electron chi connectivity index (χ2n) is 6.07. The first-order valence-electron chi connectivity index (χ1n) is 8.51. The lowest BCUT2D eigenvalue weighted by Crippen LogP contribution is -2.38. The molecule has 2 aromatic rings. The van der Waals surface area contributed by atoms with Crippen LogP contribution in [0.25, 0.3) is 0 Å². The summed E-state index contributed by atoms with van der Waals surface area (Å²) >= 11 is 0. The summed E-state index contributed by atoms with van der Waals surface area (Å²) in [6.07, 6.45) is 2.53. The number of carbonyl (C=O) groups excluding carboxylic acids is 1. The highest BCUT2D eigenvalue weighted by atomic mass is 16.5. The Kier molecular flexibility index (Phi) is 5.85. The molecule has 25 heavy (non-hydrogen) atoms. The molecule has 0 saturated carbocycles. The van der Waals surface area contributed by atoms with Crippen molar-refractivity contribution in [1.82, 2.24) is 9.88 Å². The Morgan fingerprint density at radius 1 is 1.36 bits per heavy atom. The fraction of sp³-hybridized carbons (Fsp3) is 0.368. The van der Waals surface area contributed by atoms with Crippen LogP contribution in [0.3, 0.4) is 0 Å². The number of pyridine rings is 1. The van der Waals surface area contributed by atoms with E-state index in [1.807, 2.05) is 37.3 Å². The molecule has 1 saturated heterocycles. The number of aromatic nitrogens is 1. The first-order valence-corrected chi connectivity index (χ1v) is 8.51. The molecule has 1 aliphatic rings. The number of hydrogen-bond donors (Lipinski definition) is 1. The molecule has 1 atom stereocenters. The van der Waals surface area contributed by atoms with Gasteiger partial charge in [0.05, 0.1) is 6.10 Å². The van der Waals surface area contributed by atoms with Crippen LogP contribution in [-0.2, 0) is 11.3 Å². The lowest BCUT2D eigenvalue weighted by molar-refractivity contribution is 0.0718. The monoisotopic (exact) mass is 341 g/mol. The van der Waals surface area contributed by atoms with Crippen LogP contribution in [0.2, 0.25) is 0 Å². The number of ether oxygens (including phenoxy) is 2. The Bertz CT molecular complexity index is 693. The molecule has 132 valence electrons. The second kappa shape index (κ2) is 8.48. The first-order chi connectivity index (χ1) is 12.2. The van der Waals surface area contributed by atoms with E-state index in [2.05, 4.69) is 10.3 Å². The molecule has 0 unspecified atom stereocenters. The van der Waals surface area contributed by atoms with Crippen molar-refractivity contribution in [3.05, 3.63) is 54.2 Å². The number of nitrogens with zero attached hydrogens (tertiary/aromatic N) is 2. The summed E-state index contributed by atoms with van der Waals surface area (Å²) in [5.74, 6) is 0.481. The van der Waals surface area contributed by atoms with Gasteiger partial charge in [0, 0.05) is 37.6 Å². The maximum Gasteiger partial charge on any atom is 0.321 e. The van der Waals surface area contributed by atoms with Gasteiger partial charge in [-0.25, -0.2) is 9.78 Å². The standard InChI is InChI=1S/C19H23N3O3/c1-15-13-22(10-5-11-24-15)19(23)21-17-8-9-20-18(12-17)25-14-16-6-3-2-4-7-16/h2-4,6-9,12,15H,5,10-11,13-14H2,1H3,(H,20,21,23)/t15-/m0/s1. The zero-order chi connectivity index (χ0) is 17.5. The third-order valence-corrected chi connectivity index (χ3v) is 3.96. The van der Waals surface area contributed by atoms with E-state index < -0.39 is 0 Å². The van der Waals surface area contributed by atoms with Gasteiger partial charge in [0.15, 0.2) is 0 Å². The van der Waals surface area contributed by atoms with Gasteiger partial charge in [0.2, 0.25) is 5.88 Å². The molecule has 0 radical (unpaired) electrons. The summed E-state index contributed by atoms with van der Waals surface area (Å²) in [5.41, 5.74) is 1.73. The molecule has 0 bridgehead atoms. The molecular weight excluding hydrogens is 318 g/mol. The largest absolute Gasteiger partial charge is 0.473 e. The van der Waals surface area contributed by atoms with Gasteiger partial charge in [-0.2, -0.15) is 0 Å². The average molecular weight is 341 g/mol. The predicted molar refractivity (Wildman–Crippen MR) is 95.6 cm³/mol. The third kappa shape index (κ3) is 5.19. The van der Waals surface area contributed by atoms with E-state index in [4.69, 9.17) is 9.47 Å². The molecular formula is C19H23N3O3. The predicted octanol–water partition coefficient (Wildman–Crippen LogP) is 3.30. The third-order valence-electron chi connectivity index (χ3n) is 3.96. The summed E-state index contributed by atoms with van der Waals surface area (Å²) in [5, 5.41) is 2.91. The molecule has 6 nitrogen and oxygen atoms in total. The van der Waals surface area contributed by atoms with Crippen molar-refractivity contribution in [2.45, 2.75) is 26.1 Å². The molecule has 6 heteroatoms. The van der Waals surface area contributed by atoms with E-state index in [9.17, 15) is 4.79 Å². The first kappa shape index (κ1) is 17.2. The lowest BCUT2D eigenvalue weighted by Gasteiger charge is -2.22. The molecule has 1 fully saturated rings. The van der Waals surface area contributed by atoms with Gasteiger partial charge in [-0.05, 0) is 25.0 Å². The molecule has 2 heterocycles. The van der Waals surface area contributed by atoms with Crippen molar-refractivity contribution in [3.8, 4) is 5.88 Å². The van der Waals surface area contributed by atoms with Crippen LogP contribution in [-0.4, -0.2) is 41.7 Å². The minimum absolute atomic E-state index is 0.0513. The van der Waals surface area contributed by atoms with Crippen LogP contribution in [0.4, 0.5) is 10.5 Å². The van der Waals surface area contributed by atoms with Crippen LogP contribution in [0.5, 0.6) is 5.88 Å². The SMILES string of the molecule is C[C@H]1CN(C(=O)Nc2ccnc(OCc3ccccc3)c2)CCCO1. The number of rotatable bonds is 4. The highest BCUT2D eigenvalue weighted by Crippen LogP contribution is 2.17. The maximum atomic E-state index is 12.5. The van der Waals surface area contributed by atoms with Gasteiger partial charge in [-0.1, -0.05) is 30.3 Å². The molecule has 1 aromatic carbocycles. The molecule has 1 aliphatic heterocycles. The van der Waals surface area contributed by atoms with Crippen LogP contribution >= 0.6 is 0 Å². The quantitative estimate of drug-likeness (QED) is 0.927. The zero-order valence-electron chi connectivity index (χ0n) is 14.4. The Labute approximate surface area is 147 Å². The van der Waals surface area contributed by atoms with Crippen LogP contribution in [0, 0.1) is 0 Å². The van der Waals surface area contributed by atoms with Gasteiger partial charge < -0.3 is 19.7 Å². The molecule has 1 aromatic heterocycles. The van der Waals surface area contributed by atoms with Crippen molar-refractivity contribution < 1.29 is 14.3 Å². The minimum atomic E-state index is -0.127. The summed E-state index contributed by atoms with van der Waals surface area (Å²) < 4.78 is 11.3. The number of urea groups is 1. The molecule has 0 spiro atoms. The van der Waals surface area contributed by atoms with Gasteiger partial charge >= 0.3 is 6.03 Å². The summed E-state index contributed by atoms with van der Waals surface area (Å²) in [4.78, 5) is 18.4. The topological polar surface area (TPSA) is 63.7 Å². The van der Waals surface area contributed by atoms with Crippen molar-refractivity contribution in [2.24, 2.45) is 0 Å². The Morgan fingerprint density at radius 2 is 2.20 bits per heavy atom. The van der Waals surface area contributed by atoms with E-state index in [1.54, 1.807) is 23.2 Å². The van der Waals surface area contributed by atoms with E-state index in [0.29, 0.717) is 37.9 Å². The van der Waals surface area contributed by atoms with Gasteiger partial charge in [0.1, 0.15) is 6.61 Å². The van der Waals surface area contributed by atoms with Crippen molar-refractivity contribution in [1.29, 1.82) is 0 Å². The Balaban J connectivity index is 1.58. The number of nitrogens with one attached hydrogen (secondary N) is 1. The van der Waals surface area contributed by atoms with Crippen molar-refractivity contribution >= 4 is 11.7 Å². The smallest absolute Gasteiger partial charge is 0.321 e. The average Bonchev–Trinajstić information content (AvgIpc) is 2.86. The van der Waals surface area contributed by atoms with Gasteiger partial charge in [-0.3, -0.25) is 0 Å². The fourth-order valence-corrected chi connectivity index (χ4v) is 2.68. The summed E-state index contributed by atoms with van der Waals surface area (Å²) in [7, 11) is 0. The maximum absolute atomic E-state index is 12.5. The number of anilines is 1. The van der Waals surface area contributed by atoms with E-state index >= 15 is 0 Å². The Morgan fingerprint density at radius 3 is 3.04 bits per heavy atom. The fourth-order valence-electron chi connectivity index (χ4n) is 2.68. The van der Waals surface area contributed by atoms with Crippen molar-refractivity contribution in [3.63, 3.8) is 0 Å². The second-order valence-corrected chi connectivity index (χ2v) is 6.07. The normalized spacial score (nSPS) is 17.6. The Hall–Kier alpha value is -2.60. The van der Waals surface area contributed by atoms with Crippen LogP contribution in [0.1, 0.15) is 18.9 Å². The molecule has 0 aliphatic carbocycles. The number of benzene rings is 1. The van der Waals surface area contributed by atoms with E-state index in [-0.39, 0.29) is 12.1 Å². The van der Waals surface area contributed by atoms with Crippen LogP contribution < -0.4 is 10.1 Å². The highest BCUT2D eigenvalue weighted by Gasteiger charge is 2.19. The summed E-state index contributed by atoms with van der Waals surface area (Å²) in [6.45, 7) is 4.39. The number of amides is 2. The number of hydrogen-bond acceptors (Lipinski definition) is 4. The molecule has 2 amide bonds. The molecule has 3 rings (SSSR count). The van der Waals surface area contributed by atoms with E-state index in [0.717, 1.165) is 12.0 Å². The highest BCUT2D eigenvalue weighted by molar-refractivity contribution is 5.89. The van der Waals surface area contributed by atoms with Crippen LogP contribution in [0.15, 0.2) is 48.7 Å². The van der Waals surface area contributed by atoms with Gasteiger partial charge in [0.25, 0.3) is 0 Å². The van der Waals surface area contributed by atoms with Gasteiger partial charge in [-0.15, -0.1) is 0 Å². The van der Waals surface area contributed by atoms with Crippen molar-refractivity contribution in [2.75, 3.05) is 25.0 Å².